The van der Waals surface area contributed by atoms with Crippen LogP contribution in [-0.2, 0) is 6.42 Å². The topological polar surface area (TPSA) is 43.8 Å². The van der Waals surface area contributed by atoms with Crippen LogP contribution in [0.5, 0.6) is 0 Å². The van der Waals surface area contributed by atoms with Gasteiger partial charge in [0.05, 0.1) is 6.17 Å². The van der Waals surface area contributed by atoms with Crippen LogP contribution in [0.4, 0.5) is 0 Å². The van der Waals surface area contributed by atoms with Crippen molar-refractivity contribution in [1.29, 1.82) is 0 Å². The maximum atomic E-state index is 6.16. The Balaban J connectivity index is 2.13. The van der Waals surface area contributed by atoms with Crippen LogP contribution >= 0.6 is 11.6 Å². The molecule has 1 aromatic carbocycles. The highest BCUT2D eigenvalue weighted by molar-refractivity contribution is 6.30. The largest absolute Gasteiger partial charge is 0.312 e. The highest BCUT2D eigenvalue weighted by Gasteiger charge is 2.20. The second-order valence-electron chi connectivity index (χ2n) is 4.41. The summed E-state index contributed by atoms with van der Waals surface area (Å²) in [5.41, 5.74) is 8.41. The van der Waals surface area contributed by atoms with E-state index >= 15 is 0 Å². The van der Waals surface area contributed by atoms with Gasteiger partial charge in [-0.05, 0) is 31.4 Å². The summed E-state index contributed by atoms with van der Waals surface area (Å²) in [7, 11) is 0. The first-order valence-corrected chi connectivity index (χ1v) is 6.21. The van der Waals surface area contributed by atoms with E-state index in [2.05, 4.69) is 9.55 Å². The number of hydrogen-bond acceptors (Lipinski definition) is 2. The molecule has 88 valence electrons. The van der Waals surface area contributed by atoms with Crippen molar-refractivity contribution in [3.05, 3.63) is 41.2 Å². The van der Waals surface area contributed by atoms with Crippen molar-refractivity contribution in [2.45, 2.75) is 25.4 Å². The normalized spacial score (nSPS) is 19.1. The number of benzene rings is 1. The van der Waals surface area contributed by atoms with Crippen molar-refractivity contribution in [3.8, 4) is 11.4 Å². The molecule has 1 unspecified atom stereocenters. The van der Waals surface area contributed by atoms with Crippen LogP contribution in [0.15, 0.2) is 30.5 Å². The molecule has 0 aliphatic carbocycles. The summed E-state index contributed by atoms with van der Waals surface area (Å²) in [5.74, 6) is 0.926. The highest BCUT2D eigenvalue weighted by atomic mass is 35.5. The molecule has 2 heterocycles. The van der Waals surface area contributed by atoms with Gasteiger partial charge in [0.25, 0.3) is 0 Å². The van der Waals surface area contributed by atoms with Crippen LogP contribution in [0, 0.1) is 0 Å². The molecule has 0 saturated heterocycles. The van der Waals surface area contributed by atoms with E-state index < -0.39 is 0 Å². The molecule has 0 fully saturated rings. The summed E-state index contributed by atoms with van der Waals surface area (Å²) in [6, 6.07) is 7.75. The number of imidazole rings is 1. The minimum absolute atomic E-state index is 0.0373. The first kappa shape index (κ1) is 10.8. The van der Waals surface area contributed by atoms with Gasteiger partial charge in [0, 0.05) is 22.5 Å². The monoisotopic (exact) mass is 247 g/mol. The Kier molecular flexibility index (Phi) is 2.65. The number of fused-ring (bicyclic) bond motifs is 1. The second kappa shape index (κ2) is 4.17. The zero-order valence-corrected chi connectivity index (χ0v) is 10.2. The summed E-state index contributed by atoms with van der Waals surface area (Å²) in [6.07, 6.45) is 5.17. The number of hydrogen-bond donors (Lipinski definition) is 1. The standard InChI is InChI=1S/C13H14ClN3/c14-10-4-1-3-9(7-10)13-16-8-11-5-2-6-12(15)17(11)13/h1,3-4,7-8,12H,2,5-6,15H2. The molecule has 0 radical (unpaired) electrons. The number of nitrogens with zero attached hydrogens (tertiary/aromatic N) is 2. The molecule has 0 bridgehead atoms. The summed E-state index contributed by atoms with van der Waals surface area (Å²) in [6.45, 7) is 0. The number of halogens is 1. The quantitative estimate of drug-likeness (QED) is 0.842. The minimum atomic E-state index is 0.0373. The molecule has 1 atom stereocenters. The minimum Gasteiger partial charge on any atom is -0.312 e. The lowest BCUT2D eigenvalue weighted by Gasteiger charge is -2.23. The summed E-state index contributed by atoms with van der Waals surface area (Å²) in [5, 5.41) is 0.726. The Hall–Kier alpha value is -1.32. The van der Waals surface area contributed by atoms with E-state index in [4.69, 9.17) is 17.3 Å². The molecule has 2 N–H and O–H groups in total. The van der Waals surface area contributed by atoms with Crippen LogP contribution < -0.4 is 5.73 Å². The fourth-order valence-electron chi connectivity index (χ4n) is 2.41. The number of nitrogens with two attached hydrogens (primary N) is 1. The van der Waals surface area contributed by atoms with Crippen molar-refractivity contribution in [3.63, 3.8) is 0 Å². The summed E-state index contributed by atoms with van der Waals surface area (Å²) in [4.78, 5) is 4.48. The first-order valence-electron chi connectivity index (χ1n) is 5.83. The number of rotatable bonds is 1. The van der Waals surface area contributed by atoms with Crippen molar-refractivity contribution < 1.29 is 0 Å². The Labute approximate surface area is 105 Å². The summed E-state index contributed by atoms with van der Waals surface area (Å²) < 4.78 is 2.13. The Morgan fingerprint density at radius 2 is 2.29 bits per heavy atom. The van der Waals surface area contributed by atoms with Gasteiger partial charge in [0.1, 0.15) is 5.82 Å². The van der Waals surface area contributed by atoms with Gasteiger partial charge in [-0.25, -0.2) is 4.98 Å². The molecule has 3 nitrogen and oxygen atoms in total. The SMILES string of the molecule is NC1CCCc2cnc(-c3cccc(Cl)c3)n21. The maximum absolute atomic E-state index is 6.16. The van der Waals surface area contributed by atoms with Crippen molar-refractivity contribution in [1.82, 2.24) is 9.55 Å². The molecule has 4 heteroatoms. The van der Waals surface area contributed by atoms with Gasteiger partial charge in [-0.2, -0.15) is 0 Å². The van der Waals surface area contributed by atoms with E-state index in [0.717, 1.165) is 35.7 Å². The van der Waals surface area contributed by atoms with Crippen LogP contribution in [0.1, 0.15) is 24.7 Å². The van der Waals surface area contributed by atoms with E-state index in [1.165, 1.54) is 5.69 Å². The molecule has 1 aromatic heterocycles. The third-order valence-corrected chi connectivity index (χ3v) is 3.46. The van der Waals surface area contributed by atoms with Gasteiger partial charge >= 0.3 is 0 Å². The Bertz CT molecular complexity index is 547. The molecule has 0 amide bonds. The molecule has 0 spiro atoms. The zero-order valence-electron chi connectivity index (χ0n) is 9.44. The average molecular weight is 248 g/mol. The van der Waals surface area contributed by atoms with Gasteiger partial charge in [-0.1, -0.05) is 23.7 Å². The van der Waals surface area contributed by atoms with E-state index in [0.29, 0.717) is 0 Å². The predicted octanol–water partition coefficient (Wildman–Crippen LogP) is 3.00. The maximum Gasteiger partial charge on any atom is 0.141 e. The van der Waals surface area contributed by atoms with Crippen LogP contribution in [0.25, 0.3) is 11.4 Å². The van der Waals surface area contributed by atoms with Crippen molar-refractivity contribution in [2.24, 2.45) is 5.73 Å². The molecule has 1 aliphatic heterocycles. The lowest BCUT2D eigenvalue weighted by atomic mass is 10.1. The van der Waals surface area contributed by atoms with Gasteiger partial charge in [-0.3, -0.25) is 0 Å². The molecular formula is C13H14ClN3. The number of aromatic nitrogens is 2. The molecular weight excluding hydrogens is 234 g/mol. The molecule has 0 saturated carbocycles. The fraction of sp³-hybridized carbons (Fsp3) is 0.308. The average Bonchev–Trinajstić information content (AvgIpc) is 2.74. The van der Waals surface area contributed by atoms with E-state index in [1.807, 2.05) is 30.5 Å². The third-order valence-electron chi connectivity index (χ3n) is 3.22. The van der Waals surface area contributed by atoms with E-state index in [9.17, 15) is 0 Å². The molecule has 2 aromatic rings. The van der Waals surface area contributed by atoms with E-state index in [-0.39, 0.29) is 6.17 Å². The molecule has 3 rings (SSSR count). The molecule has 17 heavy (non-hydrogen) atoms. The fourth-order valence-corrected chi connectivity index (χ4v) is 2.60. The zero-order chi connectivity index (χ0) is 11.8. The predicted molar refractivity (Wildman–Crippen MR) is 68.8 cm³/mol. The van der Waals surface area contributed by atoms with Crippen molar-refractivity contribution >= 4 is 11.6 Å². The van der Waals surface area contributed by atoms with Gasteiger partial charge in [-0.15, -0.1) is 0 Å². The highest BCUT2D eigenvalue weighted by Crippen LogP contribution is 2.29. The summed E-state index contributed by atoms with van der Waals surface area (Å²) >= 11 is 6.01. The van der Waals surface area contributed by atoms with Gasteiger partial charge in [0.15, 0.2) is 0 Å². The Morgan fingerprint density at radius 3 is 3.12 bits per heavy atom. The lowest BCUT2D eigenvalue weighted by molar-refractivity contribution is 0.418. The second-order valence-corrected chi connectivity index (χ2v) is 4.85. The van der Waals surface area contributed by atoms with Gasteiger partial charge in [0.2, 0.25) is 0 Å². The lowest BCUT2D eigenvalue weighted by Crippen LogP contribution is -2.25. The van der Waals surface area contributed by atoms with Crippen LogP contribution in [0.2, 0.25) is 5.02 Å². The van der Waals surface area contributed by atoms with Gasteiger partial charge < -0.3 is 10.3 Å². The first-order chi connectivity index (χ1) is 8.25. The Morgan fingerprint density at radius 1 is 1.41 bits per heavy atom. The number of aryl methyl sites for hydroxylation is 1. The smallest absolute Gasteiger partial charge is 0.141 e. The van der Waals surface area contributed by atoms with E-state index in [1.54, 1.807) is 0 Å². The third kappa shape index (κ3) is 1.85. The molecule has 1 aliphatic rings. The van der Waals surface area contributed by atoms with Crippen LogP contribution in [-0.4, -0.2) is 9.55 Å². The van der Waals surface area contributed by atoms with Crippen LogP contribution in [0.3, 0.4) is 0 Å². The van der Waals surface area contributed by atoms with Crippen molar-refractivity contribution in [2.75, 3.05) is 0 Å².